The van der Waals surface area contributed by atoms with Gasteiger partial charge in [0.25, 0.3) is 0 Å². The fourth-order valence-electron chi connectivity index (χ4n) is 3.53. The summed E-state index contributed by atoms with van der Waals surface area (Å²) in [6.45, 7) is 5.15. The van der Waals surface area contributed by atoms with Crippen LogP contribution in [0.5, 0.6) is 0 Å². The van der Waals surface area contributed by atoms with Crippen LogP contribution < -0.4 is 16.9 Å². The summed E-state index contributed by atoms with van der Waals surface area (Å²) in [5.41, 5.74) is 7.32. The van der Waals surface area contributed by atoms with Gasteiger partial charge in [0.05, 0.1) is 5.70 Å². The van der Waals surface area contributed by atoms with E-state index in [0.717, 1.165) is 54.5 Å². The summed E-state index contributed by atoms with van der Waals surface area (Å²) in [5, 5.41) is 6.42. The molecule has 0 radical (unpaired) electrons. The van der Waals surface area contributed by atoms with Crippen molar-refractivity contribution < 1.29 is 4.79 Å². The maximum absolute atomic E-state index is 12.6. The van der Waals surface area contributed by atoms with Crippen LogP contribution in [-0.2, 0) is 4.79 Å². The van der Waals surface area contributed by atoms with E-state index in [4.69, 9.17) is 11.6 Å². The summed E-state index contributed by atoms with van der Waals surface area (Å²) in [7, 11) is 1.74. The normalized spacial score (nSPS) is 16.5. The molecule has 1 aliphatic rings. The molecule has 1 aromatic heterocycles. The minimum atomic E-state index is 0.0503. The number of amides is 1. The standard InChI is InChI=1S/C20H28N6O/c1-3-26-8-6-14(7-9-26)20(27)24-19-11-17-10-15(18(12-21)25(2)22)4-5-16(17)13-23-19/h4-5,10-14H,3,6-9,21-22H2,1-2H3,(H,23,24,27)/b18-12-. The van der Waals surface area contributed by atoms with Gasteiger partial charge in [0, 0.05) is 36.3 Å². The van der Waals surface area contributed by atoms with Crippen LogP contribution in [0.15, 0.2) is 36.7 Å². The van der Waals surface area contributed by atoms with Crippen molar-refractivity contribution in [3.8, 4) is 0 Å². The number of nitrogens with one attached hydrogen (secondary N) is 1. The summed E-state index contributed by atoms with van der Waals surface area (Å²) in [6.07, 6.45) is 5.04. The largest absolute Gasteiger partial charge is 0.403 e. The van der Waals surface area contributed by atoms with Crippen molar-refractivity contribution in [3.63, 3.8) is 0 Å². The Bertz CT molecular complexity index is 839. The number of nitrogens with zero attached hydrogens (tertiary/aromatic N) is 3. The predicted octanol–water partition coefficient (Wildman–Crippen LogP) is 1.97. The molecule has 2 aromatic rings. The van der Waals surface area contributed by atoms with Crippen molar-refractivity contribution in [1.29, 1.82) is 0 Å². The lowest BCUT2D eigenvalue weighted by Gasteiger charge is -2.30. The third-order valence-electron chi connectivity index (χ3n) is 5.21. The molecule has 1 saturated heterocycles. The van der Waals surface area contributed by atoms with Crippen LogP contribution in [-0.4, -0.2) is 47.5 Å². The van der Waals surface area contributed by atoms with Crippen molar-refractivity contribution in [2.75, 3.05) is 32.0 Å². The zero-order chi connectivity index (χ0) is 19.4. The molecule has 1 aliphatic heterocycles. The lowest BCUT2D eigenvalue weighted by Crippen LogP contribution is -2.38. The van der Waals surface area contributed by atoms with E-state index in [2.05, 4.69) is 22.1 Å². The van der Waals surface area contributed by atoms with Crippen molar-refractivity contribution in [2.24, 2.45) is 17.5 Å². The van der Waals surface area contributed by atoms with E-state index < -0.39 is 0 Å². The van der Waals surface area contributed by atoms with Crippen molar-refractivity contribution in [1.82, 2.24) is 14.9 Å². The minimum Gasteiger partial charge on any atom is -0.403 e. The Balaban J connectivity index is 1.76. The molecule has 144 valence electrons. The average Bonchev–Trinajstić information content (AvgIpc) is 2.68. The van der Waals surface area contributed by atoms with Gasteiger partial charge in [-0.2, -0.15) is 0 Å². The summed E-state index contributed by atoms with van der Waals surface area (Å²) >= 11 is 0. The summed E-state index contributed by atoms with van der Waals surface area (Å²) in [6, 6.07) is 7.81. The lowest BCUT2D eigenvalue weighted by atomic mass is 9.96. The van der Waals surface area contributed by atoms with Crippen molar-refractivity contribution in [3.05, 3.63) is 42.2 Å². The molecule has 0 spiro atoms. The summed E-state index contributed by atoms with van der Waals surface area (Å²) in [4.78, 5) is 19.3. The Morgan fingerprint density at radius 1 is 1.33 bits per heavy atom. The first-order chi connectivity index (χ1) is 13.0. The molecule has 1 amide bonds. The number of benzene rings is 1. The summed E-state index contributed by atoms with van der Waals surface area (Å²) in [5.74, 6) is 6.51. The van der Waals surface area contributed by atoms with Crippen molar-refractivity contribution in [2.45, 2.75) is 19.8 Å². The van der Waals surface area contributed by atoms with Gasteiger partial charge in [-0.1, -0.05) is 19.1 Å². The van der Waals surface area contributed by atoms with E-state index in [1.165, 1.54) is 11.2 Å². The highest BCUT2D eigenvalue weighted by atomic mass is 16.1. The van der Waals surface area contributed by atoms with E-state index in [1.54, 1.807) is 13.2 Å². The molecule has 0 unspecified atom stereocenters. The molecule has 0 saturated carbocycles. The number of piperidine rings is 1. The van der Waals surface area contributed by atoms with E-state index >= 15 is 0 Å². The Morgan fingerprint density at radius 2 is 2.07 bits per heavy atom. The molecule has 7 heteroatoms. The number of hydrogen-bond donors (Lipinski definition) is 3. The first kappa shape index (κ1) is 19.1. The third-order valence-corrected chi connectivity index (χ3v) is 5.21. The Morgan fingerprint density at radius 3 is 2.70 bits per heavy atom. The zero-order valence-electron chi connectivity index (χ0n) is 16.0. The third kappa shape index (κ3) is 4.37. The molecule has 2 heterocycles. The number of nitrogens with two attached hydrogens (primary N) is 2. The fourth-order valence-corrected chi connectivity index (χ4v) is 3.53. The predicted molar refractivity (Wildman–Crippen MR) is 109 cm³/mol. The number of rotatable bonds is 5. The molecule has 7 nitrogen and oxygen atoms in total. The van der Waals surface area contributed by atoms with Crippen LogP contribution in [0, 0.1) is 5.92 Å². The molecule has 1 fully saturated rings. The molecule has 1 aromatic carbocycles. The Labute approximate surface area is 160 Å². The molecule has 0 bridgehead atoms. The van der Waals surface area contributed by atoms with E-state index in [-0.39, 0.29) is 11.8 Å². The number of aromatic nitrogens is 1. The van der Waals surface area contributed by atoms with Gasteiger partial charge in [-0.15, -0.1) is 0 Å². The van der Waals surface area contributed by atoms with Crippen LogP contribution in [0.1, 0.15) is 25.3 Å². The number of carbonyl (C=O) groups excluding carboxylic acids is 1. The molecule has 0 aliphatic carbocycles. The first-order valence-corrected chi connectivity index (χ1v) is 9.35. The topological polar surface area (TPSA) is 101 Å². The number of likely N-dealkylation sites (tertiary alicyclic amines) is 1. The second-order valence-corrected chi connectivity index (χ2v) is 6.99. The maximum atomic E-state index is 12.6. The van der Waals surface area contributed by atoms with Gasteiger partial charge < -0.3 is 21.0 Å². The monoisotopic (exact) mass is 368 g/mol. The van der Waals surface area contributed by atoms with Crippen LogP contribution in [0.2, 0.25) is 0 Å². The number of carbonyl (C=O) groups is 1. The number of hydrogen-bond acceptors (Lipinski definition) is 6. The number of anilines is 1. The van der Waals surface area contributed by atoms with Gasteiger partial charge in [-0.3, -0.25) is 4.79 Å². The van der Waals surface area contributed by atoms with Gasteiger partial charge in [0.15, 0.2) is 0 Å². The van der Waals surface area contributed by atoms with E-state index in [0.29, 0.717) is 5.82 Å². The SMILES string of the molecule is CCN1CCC(C(=O)Nc2cc3cc(/C(=C/N)N(C)N)ccc3cn2)CC1. The number of fused-ring (bicyclic) bond motifs is 1. The minimum absolute atomic E-state index is 0.0503. The highest BCUT2D eigenvalue weighted by molar-refractivity contribution is 5.94. The van der Waals surface area contributed by atoms with Gasteiger partial charge in [0.2, 0.25) is 5.91 Å². The fraction of sp³-hybridized carbons (Fsp3) is 0.400. The second kappa shape index (κ2) is 8.37. The van der Waals surface area contributed by atoms with Crippen LogP contribution in [0.25, 0.3) is 16.5 Å². The smallest absolute Gasteiger partial charge is 0.228 e. The van der Waals surface area contributed by atoms with Crippen LogP contribution >= 0.6 is 0 Å². The maximum Gasteiger partial charge on any atom is 0.228 e. The highest BCUT2D eigenvalue weighted by Gasteiger charge is 2.24. The summed E-state index contributed by atoms with van der Waals surface area (Å²) < 4.78 is 0. The van der Waals surface area contributed by atoms with E-state index in [1.807, 2.05) is 24.3 Å². The number of hydrazine groups is 1. The van der Waals surface area contributed by atoms with Gasteiger partial charge in [0.1, 0.15) is 5.82 Å². The van der Waals surface area contributed by atoms with Crippen molar-refractivity contribution >= 4 is 28.2 Å². The molecular formula is C20H28N6O. The first-order valence-electron chi connectivity index (χ1n) is 9.35. The lowest BCUT2D eigenvalue weighted by molar-refractivity contribution is -0.121. The Hall–Kier alpha value is -2.64. The quantitative estimate of drug-likeness (QED) is 0.551. The molecule has 27 heavy (non-hydrogen) atoms. The molecule has 3 rings (SSSR count). The van der Waals surface area contributed by atoms with Crippen LogP contribution in [0.4, 0.5) is 5.82 Å². The Kier molecular flexibility index (Phi) is 5.93. The molecule has 5 N–H and O–H groups in total. The average molecular weight is 368 g/mol. The number of pyridine rings is 1. The van der Waals surface area contributed by atoms with Gasteiger partial charge in [-0.05, 0) is 50.0 Å². The van der Waals surface area contributed by atoms with E-state index in [9.17, 15) is 4.79 Å². The highest BCUT2D eigenvalue weighted by Crippen LogP contribution is 2.24. The van der Waals surface area contributed by atoms with Gasteiger partial charge in [-0.25, -0.2) is 10.8 Å². The zero-order valence-corrected chi connectivity index (χ0v) is 16.0. The van der Waals surface area contributed by atoms with Crippen LogP contribution in [0.3, 0.4) is 0 Å². The second-order valence-electron chi connectivity index (χ2n) is 6.99. The molecular weight excluding hydrogens is 340 g/mol. The van der Waals surface area contributed by atoms with Gasteiger partial charge >= 0.3 is 0 Å². The molecule has 0 atom stereocenters.